The molecule has 3 nitrogen and oxygen atoms in total. The summed E-state index contributed by atoms with van der Waals surface area (Å²) in [6.07, 6.45) is 5.21. The Labute approximate surface area is 106 Å². The lowest BCUT2D eigenvalue weighted by atomic mass is 9.85. The number of hydrogen-bond acceptors (Lipinski definition) is 3. The van der Waals surface area contributed by atoms with Crippen LogP contribution in [0.2, 0.25) is 0 Å². The molecule has 2 rings (SSSR count). The molecule has 3 unspecified atom stereocenters. The van der Waals surface area contributed by atoms with Crippen LogP contribution < -0.4 is 5.73 Å². The van der Waals surface area contributed by atoms with Crippen molar-refractivity contribution in [3.63, 3.8) is 0 Å². The third-order valence-corrected chi connectivity index (χ3v) is 5.20. The Bertz CT molecular complexity index is 256. The molecule has 0 aromatic heterocycles. The maximum Gasteiger partial charge on any atom is 0.0501 e. The summed E-state index contributed by atoms with van der Waals surface area (Å²) in [6, 6.07) is 1.38. The highest BCUT2D eigenvalue weighted by atomic mass is 15.3. The fourth-order valence-corrected chi connectivity index (χ4v) is 4.18. The van der Waals surface area contributed by atoms with E-state index >= 15 is 0 Å². The maximum absolute atomic E-state index is 6.23. The second kappa shape index (κ2) is 5.25. The molecule has 2 saturated heterocycles. The molecule has 2 aliphatic heterocycles. The minimum Gasteiger partial charge on any atom is -0.329 e. The second-order valence-corrected chi connectivity index (χ2v) is 5.79. The van der Waals surface area contributed by atoms with Gasteiger partial charge in [-0.1, -0.05) is 13.8 Å². The van der Waals surface area contributed by atoms with E-state index in [2.05, 4.69) is 30.6 Å². The maximum atomic E-state index is 6.23. The van der Waals surface area contributed by atoms with E-state index in [-0.39, 0.29) is 5.54 Å². The van der Waals surface area contributed by atoms with Crippen molar-refractivity contribution in [1.82, 2.24) is 9.80 Å². The van der Waals surface area contributed by atoms with Crippen LogP contribution in [0, 0.1) is 0 Å². The first-order valence-corrected chi connectivity index (χ1v) is 7.40. The Morgan fingerprint density at radius 2 is 2.18 bits per heavy atom. The zero-order valence-corrected chi connectivity index (χ0v) is 11.8. The SMILES string of the molecule is CCC(C)N(CC)C1(CN)CCN2CCCC21. The van der Waals surface area contributed by atoms with Crippen molar-refractivity contribution in [3.05, 3.63) is 0 Å². The lowest BCUT2D eigenvalue weighted by Gasteiger charge is -2.47. The summed E-state index contributed by atoms with van der Waals surface area (Å²) in [6.45, 7) is 11.5. The molecule has 3 heteroatoms. The fourth-order valence-electron chi connectivity index (χ4n) is 4.18. The van der Waals surface area contributed by atoms with Crippen molar-refractivity contribution in [2.45, 2.75) is 64.1 Å². The van der Waals surface area contributed by atoms with Gasteiger partial charge in [-0.25, -0.2) is 0 Å². The minimum atomic E-state index is 0.265. The Kier molecular flexibility index (Phi) is 4.11. The van der Waals surface area contributed by atoms with E-state index in [9.17, 15) is 0 Å². The number of nitrogens with two attached hydrogens (primary N) is 1. The van der Waals surface area contributed by atoms with Crippen LogP contribution in [-0.4, -0.2) is 53.6 Å². The number of rotatable bonds is 5. The first-order valence-electron chi connectivity index (χ1n) is 7.40. The van der Waals surface area contributed by atoms with E-state index in [1.807, 2.05) is 0 Å². The lowest BCUT2D eigenvalue weighted by Crippen LogP contribution is -2.62. The number of likely N-dealkylation sites (N-methyl/N-ethyl adjacent to an activating group) is 1. The highest BCUT2D eigenvalue weighted by molar-refractivity contribution is 5.10. The molecule has 2 aliphatic rings. The van der Waals surface area contributed by atoms with Crippen molar-refractivity contribution in [3.8, 4) is 0 Å². The Hall–Kier alpha value is -0.120. The van der Waals surface area contributed by atoms with Crippen molar-refractivity contribution >= 4 is 0 Å². The summed E-state index contributed by atoms with van der Waals surface area (Å²) < 4.78 is 0. The molecule has 2 N–H and O–H groups in total. The highest BCUT2D eigenvalue weighted by Crippen LogP contribution is 2.40. The zero-order chi connectivity index (χ0) is 12.5. The van der Waals surface area contributed by atoms with Gasteiger partial charge in [-0.3, -0.25) is 9.80 Å². The molecule has 2 fully saturated rings. The minimum absolute atomic E-state index is 0.265. The summed E-state index contributed by atoms with van der Waals surface area (Å²) in [5, 5.41) is 0. The molecule has 2 heterocycles. The quantitative estimate of drug-likeness (QED) is 0.792. The van der Waals surface area contributed by atoms with E-state index in [1.165, 1.54) is 38.8 Å². The predicted octanol–water partition coefficient (Wildman–Crippen LogP) is 1.67. The van der Waals surface area contributed by atoms with Crippen molar-refractivity contribution < 1.29 is 0 Å². The molecule has 17 heavy (non-hydrogen) atoms. The van der Waals surface area contributed by atoms with Gasteiger partial charge in [0.05, 0.1) is 5.54 Å². The Morgan fingerprint density at radius 1 is 1.41 bits per heavy atom. The second-order valence-electron chi connectivity index (χ2n) is 5.79. The summed E-state index contributed by atoms with van der Waals surface area (Å²) in [5.74, 6) is 0. The van der Waals surface area contributed by atoms with Crippen LogP contribution in [0.3, 0.4) is 0 Å². The summed E-state index contributed by atoms with van der Waals surface area (Å²) >= 11 is 0. The van der Waals surface area contributed by atoms with Crippen LogP contribution in [0.1, 0.15) is 46.5 Å². The predicted molar refractivity (Wildman–Crippen MR) is 73.1 cm³/mol. The van der Waals surface area contributed by atoms with E-state index < -0.39 is 0 Å². The molecular formula is C14H29N3. The van der Waals surface area contributed by atoms with Gasteiger partial charge in [-0.2, -0.15) is 0 Å². The zero-order valence-electron chi connectivity index (χ0n) is 11.8. The Balaban J connectivity index is 2.23. The largest absolute Gasteiger partial charge is 0.329 e. The van der Waals surface area contributed by atoms with Gasteiger partial charge >= 0.3 is 0 Å². The molecular weight excluding hydrogens is 210 g/mol. The highest BCUT2D eigenvalue weighted by Gasteiger charge is 2.51. The molecule has 100 valence electrons. The molecule has 0 radical (unpaired) electrons. The van der Waals surface area contributed by atoms with Crippen LogP contribution >= 0.6 is 0 Å². The fraction of sp³-hybridized carbons (Fsp3) is 1.00. The summed E-state index contributed by atoms with van der Waals surface area (Å²) in [5.41, 5.74) is 6.49. The van der Waals surface area contributed by atoms with Gasteiger partial charge in [0.15, 0.2) is 0 Å². The van der Waals surface area contributed by atoms with Gasteiger partial charge in [0.25, 0.3) is 0 Å². The van der Waals surface area contributed by atoms with Crippen LogP contribution in [0.15, 0.2) is 0 Å². The van der Waals surface area contributed by atoms with E-state index in [4.69, 9.17) is 5.73 Å². The van der Waals surface area contributed by atoms with Gasteiger partial charge < -0.3 is 5.73 Å². The third kappa shape index (κ3) is 2.02. The summed E-state index contributed by atoms with van der Waals surface area (Å²) in [4.78, 5) is 5.38. The molecule has 0 saturated carbocycles. The van der Waals surface area contributed by atoms with Crippen LogP contribution in [-0.2, 0) is 0 Å². The normalized spacial score (nSPS) is 35.5. The number of hydrogen-bond donors (Lipinski definition) is 1. The van der Waals surface area contributed by atoms with Crippen molar-refractivity contribution in [2.75, 3.05) is 26.2 Å². The first-order chi connectivity index (χ1) is 8.19. The molecule has 0 aliphatic carbocycles. The molecule has 0 spiro atoms. The Morgan fingerprint density at radius 3 is 2.76 bits per heavy atom. The van der Waals surface area contributed by atoms with Gasteiger partial charge in [-0.15, -0.1) is 0 Å². The van der Waals surface area contributed by atoms with E-state index in [0.29, 0.717) is 6.04 Å². The van der Waals surface area contributed by atoms with Crippen LogP contribution in [0.4, 0.5) is 0 Å². The molecule has 3 atom stereocenters. The van der Waals surface area contributed by atoms with Crippen molar-refractivity contribution in [2.24, 2.45) is 5.73 Å². The van der Waals surface area contributed by atoms with Gasteiger partial charge in [-0.05, 0) is 45.7 Å². The molecule has 0 amide bonds. The smallest absolute Gasteiger partial charge is 0.0501 e. The molecule has 0 aromatic carbocycles. The standard InChI is InChI=1S/C14H29N3/c1-4-12(3)17(5-2)14(11-15)8-10-16-9-6-7-13(14)16/h12-13H,4-11,15H2,1-3H3. The molecule has 0 bridgehead atoms. The van der Waals surface area contributed by atoms with E-state index in [0.717, 1.165) is 19.1 Å². The van der Waals surface area contributed by atoms with Gasteiger partial charge in [0, 0.05) is 25.2 Å². The van der Waals surface area contributed by atoms with Crippen LogP contribution in [0.5, 0.6) is 0 Å². The average molecular weight is 239 g/mol. The lowest BCUT2D eigenvalue weighted by molar-refractivity contribution is 0.0352. The van der Waals surface area contributed by atoms with Gasteiger partial charge in [0.1, 0.15) is 0 Å². The summed E-state index contributed by atoms with van der Waals surface area (Å²) in [7, 11) is 0. The van der Waals surface area contributed by atoms with Crippen molar-refractivity contribution in [1.29, 1.82) is 0 Å². The number of fused-ring (bicyclic) bond motifs is 1. The number of nitrogens with zero attached hydrogens (tertiary/aromatic N) is 2. The topological polar surface area (TPSA) is 32.5 Å². The molecule has 0 aromatic rings. The van der Waals surface area contributed by atoms with E-state index in [1.54, 1.807) is 0 Å². The van der Waals surface area contributed by atoms with Crippen LogP contribution in [0.25, 0.3) is 0 Å². The first kappa shape index (κ1) is 13.3. The third-order valence-electron chi connectivity index (χ3n) is 5.20. The van der Waals surface area contributed by atoms with Gasteiger partial charge in [0.2, 0.25) is 0 Å². The average Bonchev–Trinajstić information content (AvgIpc) is 2.93. The monoisotopic (exact) mass is 239 g/mol.